The van der Waals surface area contributed by atoms with Crippen LogP contribution >= 0.6 is 0 Å². The number of piperidine rings is 1. The summed E-state index contributed by atoms with van der Waals surface area (Å²) >= 11 is 0. The van der Waals surface area contributed by atoms with Gasteiger partial charge in [0.2, 0.25) is 0 Å². The molecule has 2 N–H and O–H groups in total. The summed E-state index contributed by atoms with van der Waals surface area (Å²) in [5, 5.41) is 10.5. The molecule has 0 unspecified atom stereocenters. The largest absolute Gasteiger partial charge is 0.444 e. The van der Waals surface area contributed by atoms with Gasteiger partial charge in [-0.05, 0) is 20.8 Å². The molecule has 0 bridgehead atoms. The molecule has 19 heavy (non-hydrogen) atoms. The molecule has 6 nitrogen and oxygen atoms in total. The highest BCUT2D eigenvalue weighted by atomic mass is 16.6. The lowest BCUT2D eigenvalue weighted by atomic mass is 9.91. The average Bonchev–Trinajstić information content (AvgIpc) is 2.81. The van der Waals surface area contributed by atoms with Crippen molar-refractivity contribution < 1.29 is 14.6 Å². The van der Waals surface area contributed by atoms with Crippen LogP contribution < -0.4 is 0 Å². The molecule has 1 saturated heterocycles. The van der Waals surface area contributed by atoms with Gasteiger partial charge in [0.05, 0.1) is 0 Å². The number of aromatic nitrogens is 2. The molecule has 1 fully saturated rings. The fraction of sp³-hybridized carbons (Fsp3) is 0.692. The van der Waals surface area contributed by atoms with Crippen LogP contribution in [0.15, 0.2) is 12.4 Å². The van der Waals surface area contributed by atoms with Crippen LogP contribution in [-0.4, -0.2) is 44.8 Å². The van der Waals surface area contributed by atoms with E-state index in [1.807, 2.05) is 20.8 Å². The second-order valence-corrected chi connectivity index (χ2v) is 5.94. The molecule has 0 spiro atoms. The van der Waals surface area contributed by atoms with Crippen molar-refractivity contribution >= 4 is 6.09 Å². The summed E-state index contributed by atoms with van der Waals surface area (Å²) in [4.78, 5) is 20.6. The molecule has 0 atom stereocenters. The first-order valence-corrected chi connectivity index (χ1v) is 6.50. The Morgan fingerprint density at radius 3 is 2.58 bits per heavy atom. The fourth-order valence-corrected chi connectivity index (χ4v) is 2.14. The lowest BCUT2D eigenvalue weighted by Gasteiger charge is -2.37. The number of rotatable bonds is 1. The smallest absolute Gasteiger partial charge is 0.410 e. The summed E-state index contributed by atoms with van der Waals surface area (Å²) in [5.41, 5.74) is -1.46. The quantitative estimate of drug-likeness (QED) is 0.810. The number of ether oxygens (including phenoxy) is 1. The second kappa shape index (κ2) is 4.85. The zero-order valence-electron chi connectivity index (χ0n) is 11.6. The van der Waals surface area contributed by atoms with E-state index in [4.69, 9.17) is 4.74 Å². The average molecular weight is 267 g/mol. The number of H-pyrrole nitrogens is 1. The number of nitrogens with one attached hydrogen (secondary N) is 1. The molecule has 0 aromatic carbocycles. The topological polar surface area (TPSA) is 78.4 Å². The van der Waals surface area contributed by atoms with Gasteiger partial charge in [-0.15, -0.1) is 0 Å². The number of hydrogen-bond acceptors (Lipinski definition) is 4. The maximum absolute atomic E-state index is 11.9. The maximum atomic E-state index is 11.9. The summed E-state index contributed by atoms with van der Waals surface area (Å²) in [5.74, 6) is 0.566. The fourth-order valence-electron chi connectivity index (χ4n) is 2.14. The number of amides is 1. The van der Waals surface area contributed by atoms with Crippen molar-refractivity contribution in [2.45, 2.75) is 44.8 Å². The minimum Gasteiger partial charge on any atom is -0.444 e. The van der Waals surface area contributed by atoms with Gasteiger partial charge < -0.3 is 19.7 Å². The summed E-state index contributed by atoms with van der Waals surface area (Å²) in [6.45, 7) is 6.45. The standard InChI is InChI=1S/C13H21N3O3/c1-12(2,3)19-11(17)16-8-4-13(18,5-9-16)10-14-6-7-15-10/h6-7,18H,4-5,8-9H2,1-3H3,(H,14,15). The lowest BCUT2D eigenvalue weighted by Crippen LogP contribution is -2.47. The zero-order valence-corrected chi connectivity index (χ0v) is 11.6. The van der Waals surface area contributed by atoms with Crippen LogP contribution in [0.1, 0.15) is 39.4 Å². The molecule has 2 rings (SSSR count). The molecular weight excluding hydrogens is 246 g/mol. The van der Waals surface area contributed by atoms with Gasteiger partial charge in [0.15, 0.2) is 0 Å². The van der Waals surface area contributed by atoms with Crippen molar-refractivity contribution in [2.75, 3.05) is 13.1 Å². The van der Waals surface area contributed by atoms with Crippen LogP contribution in [0.4, 0.5) is 4.79 Å². The number of imidazole rings is 1. The van der Waals surface area contributed by atoms with E-state index in [0.717, 1.165) is 0 Å². The molecule has 6 heteroatoms. The van der Waals surface area contributed by atoms with Crippen molar-refractivity contribution in [3.8, 4) is 0 Å². The summed E-state index contributed by atoms with van der Waals surface area (Å²) in [6, 6.07) is 0. The Morgan fingerprint density at radius 2 is 2.11 bits per heavy atom. The number of likely N-dealkylation sites (tertiary alicyclic amines) is 1. The Balaban J connectivity index is 1.94. The van der Waals surface area contributed by atoms with Gasteiger partial charge in [0.25, 0.3) is 0 Å². The minimum atomic E-state index is -0.970. The first kappa shape index (κ1) is 13.9. The maximum Gasteiger partial charge on any atom is 0.410 e. The molecule has 1 aromatic rings. The number of aromatic amines is 1. The molecule has 1 aromatic heterocycles. The summed E-state index contributed by atoms with van der Waals surface area (Å²) in [6.07, 6.45) is 3.90. The first-order chi connectivity index (χ1) is 8.80. The molecule has 1 aliphatic heterocycles. The zero-order chi connectivity index (χ0) is 14.1. The highest BCUT2D eigenvalue weighted by molar-refractivity contribution is 5.68. The number of aliphatic hydroxyl groups is 1. The highest BCUT2D eigenvalue weighted by Gasteiger charge is 2.38. The first-order valence-electron chi connectivity index (χ1n) is 6.50. The van der Waals surface area contributed by atoms with Gasteiger partial charge in [0, 0.05) is 38.3 Å². The van der Waals surface area contributed by atoms with Gasteiger partial charge in [-0.2, -0.15) is 0 Å². The predicted octanol–water partition coefficient (Wildman–Crippen LogP) is 1.63. The van der Waals surface area contributed by atoms with Gasteiger partial charge in [-0.25, -0.2) is 9.78 Å². The van der Waals surface area contributed by atoms with Gasteiger partial charge in [-0.3, -0.25) is 0 Å². The van der Waals surface area contributed by atoms with Crippen molar-refractivity contribution in [3.63, 3.8) is 0 Å². The van der Waals surface area contributed by atoms with Crippen molar-refractivity contribution in [3.05, 3.63) is 18.2 Å². The molecule has 2 heterocycles. The molecule has 106 valence electrons. The summed E-state index contributed by atoms with van der Waals surface area (Å²) in [7, 11) is 0. The Labute approximate surface area is 112 Å². The van der Waals surface area contributed by atoms with E-state index in [9.17, 15) is 9.90 Å². The van der Waals surface area contributed by atoms with E-state index in [2.05, 4.69) is 9.97 Å². The van der Waals surface area contributed by atoms with Gasteiger partial charge in [0.1, 0.15) is 17.0 Å². The third-order valence-electron chi connectivity index (χ3n) is 3.18. The summed E-state index contributed by atoms with van der Waals surface area (Å²) < 4.78 is 5.32. The minimum absolute atomic E-state index is 0.325. The normalized spacial score (nSPS) is 19.3. The molecular formula is C13H21N3O3. The van der Waals surface area contributed by atoms with Crippen LogP contribution in [0.3, 0.4) is 0 Å². The Hall–Kier alpha value is -1.56. The highest BCUT2D eigenvalue weighted by Crippen LogP contribution is 2.30. The van der Waals surface area contributed by atoms with Crippen molar-refractivity contribution in [1.29, 1.82) is 0 Å². The molecule has 1 aliphatic rings. The van der Waals surface area contributed by atoms with E-state index in [-0.39, 0.29) is 6.09 Å². The van der Waals surface area contributed by atoms with Gasteiger partial charge in [-0.1, -0.05) is 0 Å². The Kier molecular flexibility index (Phi) is 3.54. The number of carbonyl (C=O) groups is 1. The monoisotopic (exact) mass is 267 g/mol. The predicted molar refractivity (Wildman–Crippen MR) is 69.5 cm³/mol. The van der Waals surface area contributed by atoms with Crippen molar-refractivity contribution in [2.24, 2.45) is 0 Å². The van der Waals surface area contributed by atoms with E-state index in [1.165, 1.54) is 0 Å². The Bertz CT molecular complexity index is 428. The second-order valence-electron chi connectivity index (χ2n) is 5.94. The van der Waals surface area contributed by atoms with E-state index in [0.29, 0.717) is 31.8 Å². The number of nitrogens with zero attached hydrogens (tertiary/aromatic N) is 2. The molecule has 0 radical (unpaired) electrons. The van der Waals surface area contributed by atoms with Crippen LogP contribution in [0.2, 0.25) is 0 Å². The van der Waals surface area contributed by atoms with Crippen LogP contribution in [-0.2, 0) is 10.3 Å². The third kappa shape index (κ3) is 3.26. The lowest BCUT2D eigenvalue weighted by molar-refractivity contribution is -0.0404. The van der Waals surface area contributed by atoms with Gasteiger partial charge >= 0.3 is 6.09 Å². The molecule has 0 saturated carbocycles. The van der Waals surface area contributed by atoms with Crippen molar-refractivity contribution in [1.82, 2.24) is 14.9 Å². The van der Waals surface area contributed by atoms with Crippen LogP contribution in [0, 0.1) is 0 Å². The third-order valence-corrected chi connectivity index (χ3v) is 3.18. The van der Waals surface area contributed by atoms with E-state index in [1.54, 1.807) is 17.3 Å². The Morgan fingerprint density at radius 1 is 1.47 bits per heavy atom. The molecule has 0 aliphatic carbocycles. The number of hydrogen-bond donors (Lipinski definition) is 2. The molecule has 1 amide bonds. The van der Waals surface area contributed by atoms with E-state index < -0.39 is 11.2 Å². The van der Waals surface area contributed by atoms with Crippen LogP contribution in [0.25, 0.3) is 0 Å². The van der Waals surface area contributed by atoms with Crippen LogP contribution in [0.5, 0.6) is 0 Å². The SMILES string of the molecule is CC(C)(C)OC(=O)N1CCC(O)(c2ncc[nH]2)CC1. The van der Waals surface area contributed by atoms with E-state index >= 15 is 0 Å². The number of carbonyl (C=O) groups excluding carboxylic acids is 1.